The summed E-state index contributed by atoms with van der Waals surface area (Å²) in [6.45, 7) is 4.28. The third-order valence-electron chi connectivity index (χ3n) is 0.499. The highest BCUT2D eigenvalue weighted by Crippen LogP contribution is 1.87. The van der Waals surface area contributed by atoms with Crippen LogP contribution in [-0.4, -0.2) is 12.8 Å². The Morgan fingerprint density at radius 1 is 1.62 bits per heavy atom. The maximum atomic E-state index is 6.57. The topological polar surface area (TPSA) is 33.1 Å². The van der Waals surface area contributed by atoms with Crippen molar-refractivity contribution in [3.05, 3.63) is 11.8 Å². The van der Waals surface area contributed by atoms with Crippen molar-refractivity contribution in [2.24, 2.45) is 0 Å². The first-order chi connectivity index (χ1) is 3.77. The fraction of sp³-hybridized carbons (Fsp3) is 0.500. The minimum Gasteiger partial charge on any atom is -0.496 e. The molecule has 2 heteroatoms. The monoisotopic (exact) mass is 113 g/mol. The van der Waals surface area contributed by atoms with Gasteiger partial charge in [0.15, 0.2) is 0 Å². The van der Waals surface area contributed by atoms with Crippen LogP contribution >= 0.6 is 0 Å². The van der Waals surface area contributed by atoms with Gasteiger partial charge in [0.1, 0.15) is 6.61 Å². The smallest absolute Gasteiger partial charge is 0.122 e. The first-order valence-corrected chi connectivity index (χ1v) is 2.51. The lowest BCUT2D eigenvalue weighted by atomic mass is 10.4. The zero-order valence-corrected chi connectivity index (χ0v) is 5.27. The van der Waals surface area contributed by atoms with Crippen molar-refractivity contribution in [3.63, 3.8) is 0 Å². The second-order valence-corrected chi connectivity index (χ2v) is 1.73. The second kappa shape index (κ2) is 4.37. The highest BCUT2D eigenvalue weighted by Gasteiger charge is 1.74. The molecule has 1 N–H and O–H groups in total. The van der Waals surface area contributed by atoms with Crippen LogP contribution in [0.1, 0.15) is 13.8 Å². The second-order valence-electron chi connectivity index (χ2n) is 1.73. The minimum absolute atomic E-state index is 0.380. The van der Waals surface area contributed by atoms with Crippen molar-refractivity contribution < 1.29 is 4.74 Å². The Kier molecular flexibility index (Phi) is 3.94. The molecule has 0 fully saturated rings. The van der Waals surface area contributed by atoms with Crippen LogP contribution in [0.3, 0.4) is 0 Å². The Morgan fingerprint density at radius 3 is 2.62 bits per heavy atom. The van der Waals surface area contributed by atoms with Gasteiger partial charge < -0.3 is 10.1 Å². The Balaban J connectivity index is 3.15. The summed E-state index contributed by atoms with van der Waals surface area (Å²) in [5.41, 5.74) is 1.12. The van der Waals surface area contributed by atoms with Gasteiger partial charge in [-0.3, -0.25) is 0 Å². The summed E-state index contributed by atoms with van der Waals surface area (Å²) in [5.74, 6) is 0. The zero-order valence-electron chi connectivity index (χ0n) is 5.27. The third-order valence-corrected chi connectivity index (χ3v) is 0.499. The minimum atomic E-state index is 0.380. The largest absolute Gasteiger partial charge is 0.496 e. The molecule has 0 aromatic heterocycles. The van der Waals surface area contributed by atoms with Crippen LogP contribution in [0, 0.1) is 5.41 Å². The predicted octanol–water partition coefficient (Wildman–Crippen LogP) is 1.58. The average molecular weight is 113 g/mol. The summed E-state index contributed by atoms with van der Waals surface area (Å²) < 4.78 is 4.84. The number of nitrogens with one attached hydrogen (secondary N) is 1. The molecule has 0 aliphatic rings. The van der Waals surface area contributed by atoms with Gasteiger partial charge in [-0.05, 0) is 19.4 Å². The summed E-state index contributed by atoms with van der Waals surface area (Å²) >= 11 is 0. The van der Waals surface area contributed by atoms with Crippen LogP contribution < -0.4 is 0 Å². The molecule has 0 aliphatic carbocycles. The van der Waals surface area contributed by atoms with Crippen molar-refractivity contribution in [1.29, 1.82) is 5.41 Å². The van der Waals surface area contributed by atoms with Gasteiger partial charge in [-0.25, -0.2) is 0 Å². The first-order valence-electron chi connectivity index (χ1n) is 2.51. The van der Waals surface area contributed by atoms with E-state index in [1.807, 2.05) is 13.8 Å². The number of hydrogen-bond donors (Lipinski definition) is 1. The number of hydrogen-bond acceptors (Lipinski definition) is 2. The van der Waals surface area contributed by atoms with Crippen molar-refractivity contribution in [1.82, 2.24) is 0 Å². The van der Waals surface area contributed by atoms with Crippen LogP contribution in [-0.2, 0) is 4.74 Å². The highest BCUT2D eigenvalue weighted by molar-refractivity contribution is 5.54. The molecule has 0 bridgehead atoms. The van der Waals surface area contributed by atoms with E-state index in [0.29, 0.717) is 6.61 Å². The van der Waals surface area contributed by atoms with E-state index in [4.69, 9.17) is 10.1 Å². The highest BCUT2D eigenvalue weighted by atomic mass is 16.5. The summed E-state index contributed by atoms with van der Waals surface area (Å²) in [6, 6.07) is 0. The number of rotatable bonds is 3. The van der Waals surface area contributed by atoms with Crippen molar-refractivity contribution in [2.75, 3.05) is 6.61 Å². The average Bonchev–Trinajstić information content (AvgIpc) is 1.66. The molecule has 0 radical (unpaired) electrons. The van der Waals surface area contributed by atoms with Crippen LogP contribution in [0.2, 0.25) is 0 Å². The molecule has 0 rings (SSSR count). The van der Waals surface area contributed by atoms with Gasteiger partial charge in [-0.2, -0.15) is 0 Å². The van der Waals surface area contributed by atoms with Crippen LogP contribution in [0.25, 0.3) is 0 Å². The van der Waals surface area contributed by atoms with E-state index >= 15 is 0 Å². The normalized spacial score (nSPS) is 7.75. The van der Waals surface area contributed by atoms with E-state index in [1.165, 1.54) is 6.21 Å². The van der Waals surface area contributed by atoms with Crippen molar-refractivity contribution in [2.45, 2.75) is 13.8 Å². The van der Waals surface area contributed by atoms with E-state index in [1.54, 1.807) is 6.26 Å². The van der Waals surface area contributed by atoms with Gasteiger partial charge in [-0.15, -0.1) is 0 Å². The van der Waals surface area contributed by atoms with Crippen molar-refractivity contribution in [3.8, 4) is 0 Å². The molecule has 0 spiro atoms. The van der Waals surface area contributed by atoms with Gasteiger partial charge in [0.05, 0.1) is 6.26 Å². The number of ether oxygens (including phenoxy) is 1. The van der Waals surface area contributed by atoms with Crippen LogP contribution in [0.5, 0.6) is 0 Å². The standard InChI is InChI=1S/C6H11NO/c1-6(2)5-8-4-3-7/h3,5,7H,4H2,1-2H3. The van der Waals surface area contributed by atoms with Crippen LogP contribution in [0.4, 0.5) is 0 Å². The Morgan fingerprint density at radius 2 is 2.25 bits per heavy atom. The SMILES string of the molecule is CC(C)=COCC=N. The molecule has 46 valence electrons. The maximum absolute atomic E-state index is 6.57. The van der Waals surface area contributed by atoms with E-state index < -0.39 is 0 Å². The molecule has 0 atom stereocenters. The molecular weight excluding hydrogens is 102 g/mol. The molecule has 0 aromatic rings. The quantitative estimate of drug-likeness (QED) is 0.336. The summed E-state index contributed by atoms with van der Waals surface area (Å²) in [5, 5.41) is 6.57. The third kappa shape index (κ3) is 5.21. The van der Waals surface area contributed by atoms with Gasteiger partial charge in [0.2, 0.25) is 0 Å². The molecule has 0 saturated carbocycles. The summed E-state index contributed by atoms with van der Waals surface area (Å²) in [6.07, 6.45) is 2.87. The van der Waals surface area contributed by atoms with E-state index in [0.717, 1.165) is 5.57 Å². The molecular formula is C6H11NO. The maximum Gasteiger partial charge on any atom is 0.122 e. The van der Waals surface area contributed by atoms with E-state index in [2.05, 4.69) is 0 Å². The molecule has 0 heterocycles. The molecule has 0 saturated heterocycles. The lowest BCUT2D eigenvalue weighted by Crippen LogP contribution is -1.85. The fourth-order valence-electron chi connectivity index (χ4n) is 0.263. The van der Waals surface area contributed by atoms with E-state index in [9.17, 15) is 0 Å². The van der Waals surface area contributed by atoms with Gasteiger partial charge in [0, 0.05) is 6.21 Å². The van der Waals surface area contributed by atoms with Crippen LogP contribution in [0.15, 0.2) is 11.8 Å². The van der Waals surface area contributed by atoms with Crippen molar-refractivity contribution >= 4 is 6.21 Å². The summed E-state index contributed by atoms with van der Waals surface area (Å²) in [4.78, 5) is 0. The molecule has 0 unspecified atom stereocenters. The summed E-state index contributed by atoms with van der Waals surface area (Å²) in [7, 11) is 0. The van der Waals surface area contributed by atoms with Gasteiger partial charge >= 0.3 is 0 Å². The molecule has 0 aliphatic heterocycles. The molecule has 0 amide bonds. The zero-order chi connectivity index (χ0) is 6.41. The van der Waals surface area contributed by atoms with Gasteiger partial charge in [-0.1, -0.05) is 0 Å². The van der Waals surface area contributed by atoms with Gasteiger partial charge in [0.25, 0.3) is 0 Å². The molecule has 2 nitrogen and oxygen atoms in total. The Labute approximate surface area is 49.7 Å². The predicted molar refractivity (Wildman–Crippen MR) is 34.2 cm³/mol. The number of allylic oxidation sites excluding steroid dienone is 1. The lowest BCUT2D eigenvalue weighted by molar-refractivity contribution is 0.302. The Bertz CT molecular complexity index is 92.7. The van der Waals surface area contributed by atoms with E-state index in [-0.39, 0.29) is 0 Å². The Hall–Kier alpha value is -0.790. The first kappa shape index (κ1) is 7.21. The fourth-order valence-corrected chi connectivity index (χ4v) is 0.263. The molecule has 0 aromatic carbocycles. The lowest BCUT2D eigenvalue weighted by Gasteiger charge is -1.92. The molecule has 8 heavy (non-hydrogen) atoms.